The molecule has 17 heavy (non-hydrogen) atoms. The van der Waals surface area contributed by atoms with E-state index < -0.39 is 0 Å². The summed E-state index contributed by atoms with van der Waals surface area (Å²) in [5.41, 5.74) is 2.06. The molecule has 0 radical (unpaired) electrons. The summed E-state index contributed by atoms with van der Waals surface area (Å²) in [5, 5.41) is 2.92. The SMILES string of the molecule is CC(C)C(=O)Cc1nc(-c2ccccc2)cs1. The zero-order valence-corrected chi connectivity index (χ0v) is 10.8. The Morgan fingerprint density at radius 2 is 2.00 bits per heavy atom. The van der Waals surface area contributed by atoms with Crippen molar-refractivity contribution in [3.63, 3.8) is 0 Å². The molecule has 0 atom stereocenters. The quantitative estimate of drug-likeness (QED) is 0.824. The smallest absolute Gasteiger partial charge is 0.142 e. The van der Waals surface area contributed by atoms with Crippen LogP contribution in [0.3, 0.4) is 0 Å². The molecule has 88 valence electrons. The van der Waals surface area contributed by atoms with Gasteiger partial charge in [-0.25, -0.2) is 4.98 Å². The number of nitrogens with zero attached hydrogens (tertiary/aromatic N) is 1. The van der Waals surface area contributed by atoms with E-state index in [1.165, 1.54) is 0 Å². The molecule has 1 heterocycles. The molecule has 2 nitrogen and oxygen atoms in total. The maximum atomic E-state index is 11.6. The third-order valence-electron chi connectivity index (χ3n) is 2.59. The van der Waals surface area contributed by atoms with Gasteiger partial charge in [0.05, 0.1) is 12.1 Å². The molecule has 0 saturated carbocycles. The molecule has 0 aliphatic carbocycles. The van der Waals surface area contributed by atoms with Crippen LogP contribution < -0.4 is 0 Å². The second kappa shape index (κ2) is 5.23. The minimum Gasteiger partial charge on any atom is -0.299 e. The fraction of sp³-hybridized carbons (Fsp3) is 0.286. The molecule has 3 heteroatoms. The lowest BCUT2D eigenvalue weighted by Gasteiger charge is -2.00. The molecule has 0 spiro atoms. The predicted octanol–water partition coefficient (Wildman–Crippen LogP) is 3.58. The molecule has 0 aliphatic heterocycles. The van der Waals surface area contributed by atoms with Crippen molar-refractivity contribution < 1.29 is 4.79 Å². The Morgan fingerprint density at radius 1 is 1.29 bits per heavy atom. The van der Waals surface area contributed by atoms with Crippen molar-refractivity contribution >= 4 is 17.1 Å². The van der Waals surface area contributed by atoms with E-state index in [2.05, 4.69) is 4.98 Å². The van der Waals surface area contributed by atoms with Gasteiger partial charge < -0.3 is 0 Å². The minimum absolute atomic E-state index is 0.0825. The molecule has 0 bridgehead atoms. The van der Waals surface area contributed by atoms with Gasteiger partial charge in [0.15, 0.2) is 0 Å². The van der Waals surface area contributed by atoms with Crippen molar-refractivity contribution in [2.45, 2.75) is 20.3 Å². The number of rotatable bonds is 4. The van der Waals surface area contributed by atoms with Crippen LogP contribution in [0.5, 0.6) is 0 Å². The first-order chi connectivity index (χ1) is 8.16. The van der Waals surface area contributed by atoms with E-state index >= 15 is 0 Å². The van der Waals surface area contributed by atoms with E-state index in [1.807, 2.05) is 49.6 Å². The van der Waals surface area contributed by atoms with Crippen LogP contribution in [0.2, 0.25) is 0 Å². The number of benzene rings is 1. The molecule has 2 aromatic rings. The number of hydrogen-bond donors (Lipinski definition) is 0. The average molecular weight is 245 g/mol. The van der Waals surface area contributed by atoms with Gasteiger partial charge in [-0.3, -0.25) is 4.79 Å². The van der Waals surface area contributed by atoms with Crippen LogP contribution in [-0.4, -0.2) is 10.8 Å². The average Bonchev–Trinajstić information content (AvgIpc) is 2.78. The zero-order chi connectivity index (χ0) is 12.3. The second-order valence-electron chi connectivity index (χ2n) is 4.29. The highest BCUT2D eigenvalue weighted by Gasteiger charge is 2.11. The van der Waals surface area contributed by atoms with E-state index in [4.69, 9.17) is 0 Å². The van der Waals surface area contributed by atoms with Crippen molar-refractivity contribution in [1.29, 1.82) is 0 Å². The summed E-state index contributed by atoms with van der Waals surface area (Å²) in [6, 6.07) is 10.0. The maximum Gasteiger partial charge on any atom is 0.142 e. The molecule has 0 unspecified atom stereocenters. The van der Waals surface area contributed by atoms with Crippen molar-refractivity contribution in [3.8, 4) is 11.3 Å². The summed E-state index contributed by atoms with van der Waals surface area (Å²) in [6.07, 6.45) is 0.454. The van der Waals surface area contributed by atoms with E-state index in [1.54, 1.807) is 11.3 Å². The molecule has 1 aromatic heterocycles. The summed E-state index contributed by atoms with van der Waals surface area (Å²) in [7, 11) is 0. The number of hydrogen-bond acceptors (Lipinski definition) is 3. The van der Waals surface area contributed by atoms with Gasteiger partial charge in [-0.2, -0.15) is 0 Å². The van der Waals surface area contributed by atoms with Crippen molar-refractivity contribution in [1.82, 2.24) is 4.98 Å². The fourth-order valence-electron chi connectivity index (χ4n) is 1.49. The first-order valence-electron chi connectivity index (χ1n) is 5.69. The lowest BCUT2D eigenvalue weighted by molar-refractivity contribution is -0.121. The maximum absolute atomic E-state index is 11.6. The van der Waals surface area contributed by atoms with Crippen LogP contribution in [-0.2, 0) is 11.2 Å². The molecule has 0 amide bonds. The predicted molar refractivity (Wildman–Crippen MR) is 71.1 cm³/mol. The van der Waals surface area contributed by atoms with Gasteiger partial charge in [0, 0.05) is 16.9 Å². The third kappa shape index (κ3) is 3.01. The van der Waals surface area contributed by atoms with Gasteiger partial charge in [-0.1, -0.05) is 44.2 Å². The van der Waals surface area contributed by atoms with Gasteiger partial charge in [0.2, 0.25) is 0 Å². The lowest BCUT2D eigenvalue weighted by atomic mass is 10.1. The van der Waals surface area contributed by atoms with Crippen LogP contribution in [0.1, 0.15) is 18.9 Å². The van der Waals surface area contributed by atoms with Gasteiger partial charge in [0.25, 0.3) is 0 Å². The number of thiazole rings is 1. The topological polar surface area (TPSA) is 30.0 Å². The Labute approximate surface area is 105 Å². The first kappa shape index (κ1) is 12.0. The van der Waals surface area contributed by atoms with Crippen molar-refractivity contribution in [3.05, 3.63) is 40.7 Å². The fourth-order valence-corrected chi connectivity index (χ4v) is 2.30. The van der Waals surface area contributed by atoms with E-state index in [-0.39, 0.29) is 11.7 Å². The molecule has 0 N–H and O–H groups in total. The van der Waals surface area contributed by atoms with Crippen LogP contribution in [0.4, 0.5) is 0 Å². The summed E-state index contributed by atoms with van der Waals surface area (Å²) in [5.74, 6) is 0.332. The number of Topliss-reactive ketones (excluding diaryl/α,β-unsaturated/α-hetero) is 1. The Kier molecular flexibility index (Phi) is 3.69. The highest BCUT2D eigenvalue weighted by molar-refractivity contribution is 7.10. The Bertz CT molecular complexity index is 502. The van der Waals surface area contributed by atoms with Crippen LogP contribution in [0, 0.1) is 5.92 Å². The van der Waals surface area contributed by atoms with Crippen molar-refractivity contribution in [2.75, 3.05) is 0 Å². The monoisotopic (exact) mass is 245 g/mol. The summed E-state index contributed by atoms with van der Waals surface area (Å²) >= 11 is 1.56. The third-order valence-corrected chi connectivity index (χ3v) is 3.44. The first-order valence-corrected chi connectivity index (χ1v) is 6.57. The molecule has 0 aliphatic rings. The highest BCUT2D eigenvalue weighted by atomic mass is 32.1. The molecule has 2 rings (SSSR count). The minimum atomic E-state index is 0.0825. The van der Waals surface area contributed by atoms with E-state index in [0.29, 0.717) is 6.42 Å². The van der Waals surface area contributed by atoms with E-state index in [9.17, 15) is 4.79 Å². The Morgan fingerprint density at radius 3 is 2.65 bits per heavy atom. The largest absolute Gasteiger partial charge is 0.299 e. The highest BCUT2D eigenvalue weighted by Crippen LogP contribution is 2.22. The molecule has 0 fully saturated rings. The molecular weight excluding hydrogens is 230 g/mol. The number of aromatic nitrogens is 1. The normalized spacial score (nSPS) is 10.8. The van der Waals surface area contributed by atoms with Crippen molar-refractivity contribution in [2.24, 2.45) is 5.92 Å². The summed E-state index contributed by atoms with van der Waals surface area (Å²) in [4.78, 5) is 16.1. The number of ketones is 1. The van der Waals surface area contributed by atoms with Gasteiger partial charge >= 0.3 is 0 Å². The number of carbonyl (C=O) groups is 1. The molecule has 0 saturated heterocycles. The van der Waals surface area contributed by atoms with Crippen LogP contribution >= 0.6 is 11.3 Å². The summed E-state index contributed by atoms with van der Waals surface area (Å²) in [6.45, 7) is 3.85. The Hall–Kier alpha value is -1.48. The van der Waals surface area contributed by atoms with Gasteiger partial charge in [-0.15, -0.1) is 11.3 Å². The lowest BCUT2D eigenvalue weighted by Crippen LogP contribution is -2.09. The van der Waals surface area contributed by atoms with Gasteiger partial charge in [-0.05, 0) is 0 Å². The Balaban J connectivity index is 2.14. The molecular formula is C14H15NOS. The van der Waals surface area contributed by atoms with E-state index in [0.717, 1.165) is 16.3 Å². The second-order valence-corrected chi connectivity index (χ2v) is 5.23. The van der Waals surface area contributed by atoms with Gasteiger partial charge in [0.1, 0.15) is 10.8 Å². The number of carbonyl (C=O) groups excluding carboxylic acids is 1. The summed E-state index contributed by atoms with van der Waals surface area (Å²) < 4.78 is 0. The standard InChI is InChI=1S/C14H15NOS/c1-10(2)13(16)8-14-15-12(9-17-14)11-6-4-3-5-7-11/h3-7,9-10H,8H2,1-2H3. The van der Waals surface area contributed by atoms with Crippen LogP contribution in [0.25, 0.3) is 11.3 Å². The molecule has 1 aromatic carbocycles. The zero-order valence-electron chi connectivity index (χ0n) is 10.0. The van der Waals surface area contributed by atoms with Crippen LogP contribution in [0.15, 0.2) is 35.7 Å².